The van der Waals surface area contributed by atoms with Crippen molar-refractivity contribution in [3.8, 4) is 5.75 Å². The number of hydrogen-bond acceptors (Lipinski definition) is 7. The van der Waals surface area contributed by atoms with Crippen LogP contribution in [0, 0.1) is 0 Å². The number of piperazine rings is 1. The molecule has 0 spiro atoms. The van der Waals surface area contributed by atoms with E-state index < -0.39 is 27.3 Å². The first-order valence-electron chi connectivity index (χ1n) is 17.8. The summed E-state index contributed by atoms with van der Waals surface area (Å²) in [7, 11) is -3.11. The van der Waals surface area contributed by atoms with Gasteiger partial charge in [-0.1, -0.05) is 53.5 Å². The summed E-state index contributed by atoms with van der Waals surface area (Å²) in [6, 6.07) is 19.4. The van der Waals surface area contributed by atoms with Crippen LogP contribution in [0.2, 0.25) is 10.0 Å². The van der Waals surface area contributed by atoms with E-state index in [1.165, 1.54) is 6.26 Å². The van der Waals surface area contributed by atoms with Gasteiger partial charge in [0.1, 0.15) is 27.5 Å². The monoisotopic (exact) mass is 769 g/mol. The molecule has 1 saturated heterocycles. The van der Waals surface area contributed by atoms with E-state index in [0.29, 0.717) is 79.6 Å². The number of sulfone groups is 1. The summed E-state index contributed by atoms with van der Waals surface area (Å²) in [5, 5.41) is 1.16. The van der Waals surface area contributed by atoms with Crippen LogP contribution in [0.25, 0.3) is 0 Å². The number of amides is 3. The van der Waals surface area contributed by atoms with Crippen molar-refractivity contribution in [3.63, 3.8) is 0 Å². The van der Waals surface area contributed by atoms with Gasteiger partial charge in [0.05, 0.1) is 29.4 Å². The highest BCUT2D eigenvalue weighted by Gasteiger charge is 2.45. The van der Waals surface area contributed by atoms with Crippen LogP contribution in [-0.4, -0.2) is 110 Å². The van der Waals surface area contributed by atoms with Gasteiger partial charge in [-0.15, -0.1) is 0 Å². The van der Waals surface area contributed by atoms with E-state index in [1.807, 2.05) is 106 Å². The molecule has 0 bridgehead atoms. The van der Waals surface area contributed by atoms with E-state index in [0.717, 1.165) is 16.7 Å². The maximum atomic E-state index is 14.9. The Hall–Kier alpha value is -3.64. The SMILES string of the molecule is CCOc1cc(C(C)(C)C(=O)N(CC)CC)ccc1C1=NC(c2ccc(Cl)cc2)[C@H](c2ccc(Cl)cc2)N1C(=O)N1CCN(CCS(C)(=O)=O)CC1. The fraction of sp³-hybridized carbons (Fsp3) is 0.462. The van der Waals surface area contributed by atoms with Crippen molar-refractivity contribution in [2.45, 2.75) is 52.1 Å². The van der Waals surface area contributed by atoms with Crippen molar-refractivity contribution in [3.05, 3.63) is 99.0 Å². The third kappa shape index (κ3) is 8.76. The minimum absolute atomic E-state index is 0.0176. The Bertz CT molecular complexity index is 1870. The quantitative estimate of drug-likeness (QED) is 0.200. The van der Waals surface area contributed by atoms with Gasteiger partial charge >= 0.3 is 6.03 Å². The smallest absolute Gasteiger partial charge is 0.326 e. The van der Waals surface area contributed by atoms with E-state index in [1.54, 1.807) is 9.80 Å². The number of benzene rings is 3. The molecule has 1 fully saturated rings. The topological polar surface area (TPSA) is 103 Å². The molecular formula is C39H49Cl2N5O5S. The second-order valence-corrected chi connectivity index (χ2v) is 16.9. The molecule has 0 aromatic heterocycles. The Labute approximate surface area is 318 Å². The van der Waals surface area contributed by atoms with Crippen molar-refractivity contribution >= 4 is 50.8 Å². The summed E-state index contributed by atoms with van der Waals surface area (Å²) >= 11 is 12.7. The summed E-state index contributed by atoms with van der Waals surface area (Å²) in [6.07, 6.45) is 1.24. The average Bonchev–Trinajstić information content (AvgIpc) is 3.52. The maximum absolute atomic E-state index is 14.9. The van der Waals surface area contributed by atoms with Crippen molar-refractivity contribution < 1.29 is 22.7 Å². The van der Waals surface area contributed by atoms with Crippen molar-refractivity contribution in [2.24, 2.45) is 4.99 Å². The van der Waals surface area contributed by atoms with Crippen LogP contribution in [0.3, 0.4) is 0 Å². The summed E-state index contributed by atoms with van der Waals surface area (Å²) in [6.45, 7) is 13.6. The van der Waals surface area contributed by atoms with Gasteiger partial charge in [-0.05, 0) is 87.7 Å². The zero-order valence-corrected chi connectivity index (χ0v) is 33.1. The number of hydrogen-bond donors (Lipinski definition) is 0. The van der Waals surface area contributed by atoms with Crippen LogP contribution in [0.1, 0.15) is 69.0 Å². The number of urea groups is 1. The van der Waals surface area contributed by atoms with Gasteiger partial charge in [-0.2, -0.15) is 0 Å². The lowest BCUT2D eigenvalue weighted by Crippen LogP contribution is -2.54. The van der Waals surface area contributed by atoms with Crippen LogP contribution in [0.5, 0.6) is 5.75 Å². The highest BCUT2D eigenvalue weighted by molar-refractivity contribution is 7.90. The fourth-order valence-electron chi connectivity index (χ4n) is 6.86. The van der Waals surface area contributed by atoms with E-state index in [4.69, 9.17) is 32.9 Å². The Morgan fingerprint density at radius 2 is 1.46 bits per heavy atom. The average molecular weight is 771 g/mol. The molecular weight excluding hydrogens is 721 g/mol. The highest BCUT2D eigenvalue weighted by Crippen LogP contribution is 2.46. The fourth-order valence-corrected chi connectivity index (χ4v) is 7.71. The lowest BCUT2D eigenvalue weighted by atomic mass is 9.82. The molecule has 2 aliphatic rings. The zero-order valence-electron chi connectivity index (χ0n) is 30.8. The molecule has 13 heteroatoms. The number of halogens is 2. The first-order chi connectivity index (χ1) is 24.7. The van der Waals surface area contributed by atoms with Crippen LogP contribution < -0.4 is 4.74 Å². The Morgan fingerprint density at radius 3 is 2.00 bits per heavy atom. The van der Waals surface area contributed by atoms with Gasteiger partial charge in [0.25, 0.3) is 0 Å². The molecule has 10 nitrogen and oxygen atoms in total. The lowest BCUT2D eigenvalue weighted by Gasteiger charge is -2.39. The van der Waals surface area contributed by atoms with Gasteiger partial charge in [0, 0.05) is 62.1 Å². The molecule has 2 atom stereocenters. The third-order valence-electron chi connectivity index (χ3n) is 9.95. The molecule has 0 aliphatic carbocycles. The molecule has 3 aromatic rings. The molecule has 5 rings (SSSR count). The molecule has 3 aromatic carbocycles. The summed E-state index contributed by atoms with van der Waals surface area (Å²) < 4.78 is 30.0. The molecule has 0 saturated carbocycles. The second kappa shape index (κ2) is 16.6. The number of amidine groups is 1. The number of carbonyl (C=O) groups excluding carboxylic acids is 2. The number of rotatable bonds is 12. The van der Waals surface area contributed by atoms with Gasteiger partial charge in [-0.25, -0.2) is 13.2 Å². The summed E-state index contributed by atoms with van der Waals surface area (Å²) in [5.74, 6) is 1.06. The van der Waals surface area contributed by atoms with Crippen LogP contribution in [0.15, 0.2) is 71.7 Å². The number of carbonyl (C=O) groups is 2. The first-order valence-corrected chi connectivity index (χ1v) is 20.6. The van der Waals surface area contributed by atoms with Crippen LogP contribution >= 0.6 is 23.2 Å². The van der Waals surface area contributed by atoms with E-state index in [-0.39, 0.29) is 17.7 Å². The van der Waals surface area contributed by atoms with E-state index in [2.05, 4.69) is 4.90 Å². The minimum Gasteiger partial charge on any atom is -0.493 e. The lowest BCUT2D eigenvalue weighted by molar-refractivity contribution is -0.135. The normalized spacial score (nSPS) is 18.3. The zero-order chi connectivity index (χ0) is 37.8. The molecule has 280 valence electrons. The number of nitrogens with zero attached hydrogens (tertiary/aromatic N) is 5. The Kier molecular flexibility index (Phi) is 12.6. The Balaban J connectivity index is 1.62. The van der Waals surface area contributed by atoms with Crippen molar-refractivity contribution in [2.75, 3.05) is 64.4 Å². The molecule has 2 aliphatic heterocycles. The van der Waals surface area contributed by atoms with Crippen molar-refractivity contribution in [1.82, 2.24) is 19.6 Å². The first kappa shape index (κ1) is 39.6. The van der Waals surface area contributed by atoms with E-state index in [9.17, 15) is 18.0 Å². The molecule has 3 amide bonds. The van der Waals surface area contributed by atoms with Gasteiger partial charge in [0.15, 0.2) is 0 Å². The molecule has 0 radical (unpaired) electrons. The van der Waals surface area contributed by atoms with Crippen molar-refractivity contribution in [1.29, 1.82) is 0 Å². The number of ether oxygens (including phenoxy) is 1. The molecule has 1 unspecified atom stereocenters. The summed E-state index contributed by atoms with van der Waals surface area (Å²) in [5.41, 5.74) is 2.32. The highest BCUT2D eigenvalue weighted by atomic mass is 35.5. The van der Waals surface area contributed by atoms with Crippen LogP contribution in [-0.2, 0) is 20.0 Å². The van der Waals surface area contributed by atoms with Crippen LogP contribution in [0.4, 0.5) is 4.79 Å². The predicted molar refractivity (Wildman–Crippen MR) is 208 cm³/mol. The standard InChI is InChI=1S/C39H49Cl2N5O5S/c1-7-44(8-2)37(47)39(4,5)29-14-19-32(33(26-29)51-9-3)36-42-34(27-10-15-30(40)16-11-27)35(28-12-17-31(41)18-13-28)46(36)38(48)45-22-20-43(21-23-45)24-25-52(6,49)50/h10-19,26,34-35H,7-9,20-25H2,1-6H3/t34?,35-/m0/s1. The Morgan fingerprint density at radius 1 is 0.885 bits per heavy atom. The van der Waals surface area contributed by atoms with Gasteiger partial charge in [0.2, 0.25) is 5.91 Å². The van der Waals surface area contributed by atoms with Gasteiger partial charge in [-0.3, -0.25) is 19.6 Å². The number of likely N-dealkylation sites (N-methyl/N-ethyl adjacent to an activating group) is 1. The third-order valence-corrected chi connectivity index (χ3v) is 11.4. The molecule has 2 heterocycles. The second-order valence-electron chi connectivity index (χ2n) is 13.8. The van der Waals surface area contributed by atoms with Gasteiger partial charge < -0.3 is 14.5 Å². The predicted octanol–water partition coefficient (Wildman–Crippen LogP) is 6.87. The van der Waals surface area contributed by atoms with E-state index >= 15 is 0 Å². The largest absolute Gasteiger partial charge is 0.493 e. The maximum Gasteiger partial charge on any atom is 0.326 e. The molecule has 52 heavy (non-hydrogen) atoms. The minimum atomic E-state index is -3.11. The summed E-state index contributed by atoms with van der Waals surface area (Å²) in [4.78, 5) is 41.4. The number of aliphatic imine (C=N–C) groups is 1. The molecule has 0 N–H and O–H groups in total.